The molecule has 4 heteroatoms. The van der Waals surface area contributed by atoms with Crippen LogP contribution in [0.5, 0.6) is 0 Å². The van der Waals surface area contributed by atoms with Crippen molar-refractivity contribution in [3.05, 3.63) is 35.4 Å². The Balaban J connectivity index is 0.00000264. The van der Waals surface area contributed by atoms with Crippen LogP contribution in [0.15, 0.2) is 24.3 Å². The monoisotopic (exact) mass is 338 g/mol. The lowest BCUT2D eigenvalue weighted by atomic mass is 9.86. The highest BCUT2D eigenvalue weighted by molar-refractivity contribution is 5.85. The van der Waals surface area contributed by atoms with Gasteiger partial charge in [0.25, 0.3) is 0 Å². The van der Waals surface area contributed by atoms with Crippen LogP contribution in [-0.2, 0) is 10.2 Å². The SMILES string of the molecule is CC(N)CCC(=O)N1CCCC1c1ccc(C(C)(C)C)cc1.Cl. The minimum atomic E-state index is 0. The van der Waals surface area contributed by atoms with E-state index in [1.54, 1.807) is 0 Å². The summed E-state index contributed by atoms with van der Waals surface area (Å²) in [6.45, 7) is 9.51. The summed E-state index contributed by atoms with van der Waals surface area (Å²) < 4.78 is 0. The van der Waals surface area contributed by atoms with Crippen molar-refractivity contribution in [2.24, 2.45) is 5.73 Å². The van der Waals surface area contributed by atoms with Gasteiger partial charge in [0.15, 0.2) is 0 Å². The summed E-state index contributed by atoms with van der Waals surface area (Å²) in [7, 11) is 0. The summed E-state index contributed by atoms with van der Waals surface area (Å²) in [5.41, 5.74) is 8.54. The molecule has 1 aliphatic heterocycles. The summed E-state index contributed by atoms with van der Waals surface area (Å²) in [6.07, 6.45) is 3.49. The van der Waals surface area contributed by atoms with Crippen LogP contribution in [0.25, 0.3) is 0 Å². The standard InChI is InChI=1S/C19H30N2O.ClH/c1-14(20)7-12-18(22)21-13-5-6-17(21)15-8-10-16(11-9-15)19(2,3)4;/h8-11,14,17H,5-7,12-13,20H2,1-4H3;1H. The van der Waals surface area contributed by atoms with Gasteiger partial charge in [0.1, 0.15) is 0 Å². The zero-order chi connectivity index (χ0) is 16.3. The number of rotatable bonds is 4. The molecule has 0 spiro atoms. The minimum Gasteiger partial charge on any atom is -0.336 e. The number of benzene rings is 1. The number of carbonyl (C=O) groups excluding carboxylic acids is 1. The number of carbonyl (C=O) groups is 1. The fraction of sp³-hybridized carbons (Fsp3) is 0.632. The molecule has 2 rings (SSSR count). The molecule has 2 N–H and O–H groups in total. The Labute approximate surface area is 147 Å². The quantitative estimate of drug-likeness (QED) is 0.894. The second-order valence-corrected chi connectivity index (χ2v) is 7.63. The van der Waals surface area contributed by atoms with E-state index in [1.165, 1.54) is 11.1 Å². The van der Waals surface area contributed by atoms with Crippen molar-refractivity contribution in [3.8, 4) is 0 Å². The molecule has 0 aromatic heterocycles. The van der Waals surface area contributed by atoms with Crippen LogP contribution in [0.3, 0.4) is 0 Å². The third-order valence-electron chi connectivity index (χ3n) is 4.55. The lowest BCUT2D eigenvalue weighted by molar-refractivity contribution is -0.132. The van der Waals surface area contributed by atoms with E-state index in [9.17, 15) is 4.79 Å². The molecule has 1 amide bonds. The molecule has 0 aliphatic carbocycles. The van der Waals surface area contributed by atoms with E-state index >= 15 is 0 Å². The number of hydrogen-bond donors (Lipinski definition) is 1. The number of hydrogen-bond acceptors (Lipinski definition) is 2. The minimum absolute atomic E-state index is 0. The van der Waals surface area contributed by atoms with E-state index in [-0.39, 0.29) is 35.8 Å². The zero-order valence-electron chi connectivity index (χ0n) is 14.8. The van der Waals surface area contributed by atoms with Gasteiger partial charge in [-0.25, -0.2) is 0 Å². The normalized spacial score (nSPS) is 19.3. The van der Waals surface area contributed by atoms with E-state index < -0.39 is 0 Å². The van der Waals surface area contributed by atoms with Gasteiger partial charge in [-0.1, -0.05) is 45.0 Å². The van der Waals surface area contributed by atoms with Gasteiger partial charge in [0.05, 0.1) is 6.04 Å². The van der Waals surface area contributed by atoms with E-state index in [1.807, 2.05) is 6.92 Å². The van der Waals surface area contributed by atoms with Gasteiger partial charge in [0.2, 0.25) is 5.91 Å². The Bertz CT molecular complexity index is 505. The molecule has 3 nitrogen and oxygen atoms in total. The number of likely N-dealkylation sites (tertiary alicyclic amines) is 1. The third-order valence-corrected chi connectivity index (χ3v) is 4.55. The highest BCUT2D eigenvalue weighted by Crippen LogP contribution is 2.33. The first-order valence-electron chi connectivity index (χ1n) is 8.44. The first-order valence-corrected chi connectivity index (χ1v) is 8.44. The van der Waals surface area contributed by atoms with Crippen molar-refractivity contribution >= 4 is 18.3 Å². The van der Waals surface area contributed by atoms with Gasteiger partial charge in [-0.15, -0.1) is 12.4 Å². The van der Waals surface area contributed by atoms with Gasteiger partial charge >= 0.3 is 0 Å². The fourth-order valence-electron chi connectivity index (χ4n) is 3.11. The summed E-state index contributed by atoms with van der Waals surface area (Å²) >= 11 is 0. The Morgan fingerprint density at radius 2 is 1.91 bits per heavy atom. The van der Waals surface area contributed by atoms with Crippen LogP contribution in [0, 0.1) is 0 Å². The van der Waals surface area contributed by atoms with Crippen molar-refractivity contribution in [1.29, 1.82) is 0 Å². The summed E-state index contributed by atoms with van der Waals surface area (Å²) in [5, 5.41) is 0. The molecule has 130 valence electrons. The molecule has 2 atom stereocenters. The van der Waals surface area contributed by atoms with Crippen LogP contribution >= 0.6 is 12.4 Å². The van der Waals surface area contributed by atoms with E-state index in [0.717, 1.165) is 25.8 Å². The maximum atomic E-state index is 12.4. The van der Waals surface area contributed by atoms with Crippen LogP contribution in [0.4, 0.5) is 0 Å². The smallest absolute Gasteiger partial charge is 0.223 e. The van der Waals surface area contributed by atoms with Crippen LogP contribution in [0.1, 0.15) is 70.5 Å². The summed E-state index contributed by atoms with van der Waals surface area (Å²) in [6, 6.07) is 9.15. The third kappa shape index (κ3) is 5.22. The molecule has 1 aromatic carbocycles. The molecule has 1 heterocycles. The van der Waals surface area contributed by atoms with E-state index in [2.05, 4.69) is 49.9 Å². The van der Waals surface area contributed by atoms with Gasteiger partial charge in [-0.2, -0.15) is 0 Å². The molecular weight excluding hydrogens is 308 g/mol. The molecule has 0 bridgehead atoms. The lowest BCUT2D eigenvalue weighted by Gasteiger charge is -2.26. The predicted molar refractivity (Wildman–Crippen MR) is 99.0 cm³/mol. The number of amides is 1. The predicted octanol–water partition coefficient (Wildman–Crippen LogP) is 4.20. The second-order valence-electron chi connectivity index (χ2n) is 7.63. The molecule has 1 fully saturated rings. The molecular formula is C19H31ClN2O. The van der Waals surface area contributed by atoms with Crippen molar-refractivity contribution in [2.75, 3.05) is 6.54 Å². The second kappa shape index (κ2) is 8.16. The van der Waals surface area contributed by atoms with Gasteiger partial charge in [-0.3, -0.25) is 4.79 Å². The largest absolute Gasteiger partial charge is 0.336 e. The zero-order valence-corrected chi connectivity index (χ0v) is 15.7. The first kappa shape index (κ1) is 20.0. The highest BCUT2D eigenvalue weighted by Gasteiger charge is 2.29. The maximum Gasteiger partial charge on any atom is 0.223 e. The average Bonchev–Trinajstić information content (AvgIpc) is 2.93. The Kier molecular flexibility index (Phi) is 7.09. The highest BCUT2D eigenvalue weighted by atomic mass is 35.5. The Morgan fingerprint density at radius 1 is 1.30 bits per heavy atom. The lowest BCUT2D eigenvalue weighted by Crippen LogP contribution is -2.31. The first-order chi connectivity index (χ1) is 10.3. The van der Waals surface area contributed by atoms with E-state index in [0.29, 0.717) is 6.42 Å². The van der Waals surface area contributed by atoms with Crippen molar-refractivity contribution in [1.82, 2.24) is 4.90 Å². The molecule has 0 saturated carbocycles. The summed E-state index contributed by atoms with van der Waals surface area (Å²) in [5.74, 6) is 0.250. The number of halogens is 1. The molecule has 0 radical (unpaired) electrons. The van der Waals surface area contributed by atoms with Crippen LogP contribution < -0.4 is 5.73 Å². The van der Waals surface area contributed by atoms with Crippen LogP contribution in [0.2, 0.25) is 0 Å². The topological polar surface area (TPSA) is 46.3 Å². The molecule has 2 unspecified atom stereocenters. The van der Waals surface area contributed by atoms with Crippen molar-refractivity contribution < 1.29 is 4.79 Å². The van der Waals surface area contributed by atoms with Gasteiger partial charge < -0.3 is 10.6 Å². The van der Waals surface area contributed by atoms with Crippen LogP contribution in [-0.4, -0.2) is 23.4 Å². The molecule has 1 saturated heterocycles. The van der Waals surface area contributed by atoms with Gasteiger partial charge in [0, 0.05) is 19.0 Å². The van der Waals surface area contributed by atoms with Gasteiger partial charge in [-0.05, 0) is 42.7 Å². The Hall–Kier alpha value is -1.06. The van der Waals surface area contributed by atoms with Crippen molar-refractivity contribution in [3.63, 3.8) is 0 Å². The van der Waals surface area contributed by atoms with E-state index in [4.69, 9.17) is 5.73 Å². The number of nitrogens with two attached hydrogens (primary N) is 1. The molecule has 23 heavy (non-hydrogen) atoms. The molecule has 1 aliphatic rings. The molecule has 1 aromatic rings. The van der Waals surface area contributed by atoms with Crippen molar-refractivity contribution in [2.45, 2.75) is 70.9 Å². The number of nitrogens with zero attached hydrogens (tertiary/aromatic N) is 1. The fourth-order valence-corrected chi connectivity index (χ4v) is 3.11. The maximum absolute atomic E-state index is 12.4. The average molecular weight is 339 g/mol. The Morgan fingerprint density at radius 3 is 2.43 bits per heavy atom. The summed E-state index contributed by atoms with van der Waals surface area (Å²) in [4.78, 5) is 14.5.